The molecule has 1 aromatic heterocycles. The van der Waals surface area contributed by atoms with E-state index in [-0.39, 0.29) is 5.78 Å². The lowest BCUT2D eigenvalue weighted by atomic mass is 9.99. The second kappa shape index (κ2) is 5.39. The molecule has 3 nitrogen and oxygen atoms in total. The first-order valence-corrected chi connectivity index (χ1v) is 6.65. The maximum Gasteiger partial charge on any atom is 0.169 e. The molecule has 0 atom stereocenters. The van der Waals surface area contributed by atoms with Crippen LogP contribution in [0.15, 0.2) is 24.3 Å². The Morgan fingerprint density at radius 3 is 2.63 bits per heavy atom. The van der Waals surface area contributed by atoms with Crippen LogP contribution < -0.4 is 0 Å². The van der Waals surface area contributed by atoms with Crippen molar-refractivity contribution in [2.75, 3.05) is 0 Å². The lowest BCUT2D eigenvalue weighted by Crippen LogP contribution is -2.11. The van der Waals surface area contributed by atoms with Crippen molar-refractivity contribution in [3.63, 3.8) is 0 Å². The molecule has 0 aliphatic carbocycles. The highest BCUT2D eigenvalue weighted by Gasteiger charge is 2.13. The van der Waals surface area contributed by atoms with E-state index in [1.807, 2.05) is 56.6 Å². The van der Waals surface area contributed by atoms with Gasteiger partial charge in [-0.2, -0.15) is 5.10 Å². The average molecular weight is 256 g/mol. The fourth-order valence-corrected chi connectivity index (χ4v) is 2.31. The van der Waals surface area contributed by atoms with Gasteiger partial charge in [-0.25, -0.2) is 0 Å². The van der Waals surface area contributed by atoms with Gasteiger partial charge >= 0.3 is 0 Å². The van der Waals surface area contributed by atoms with Gasteiger partial charge in [0.15, 0.2) is 5.78 Å². The average Bonchev–Trinajstić information content (AvgIpc) is 2.72. The summed E-state index contributed by atoms with van der Waals surface area (Å²) in [6.07, 6.45) is 0.416. The molecule has 0 radical (unpaired) electrons. The summed E-state index contributed by atoms with van der Waals surface area (Å²) in [4.78, 5) is 12.4. The van der Waals surface area contributed by atoms with Crippen LogP contribution in [0.2, 0.25) is 0 Å². The van der Waals surface area contributed by atoms with Crippen molar-refractivity contribution < 1.29 is 4.79 Å². The molecule has 0 N–H and O–H groups in total. The molecule has 19 heavy (non-hydrogen) atoms. The van der Waals surface area contributed by atoms with E-state index in [0.717, 1.165) is 34.6 Å². The molecule has 1 heterocycles. The van der Waals surface area contributed by atoms with Crippen molar-refractivity contribution in [2.45, 2.75) is 40.7 Å². The lowest BCUT2D eigenvalue weighted by molar-refractivity contribution is 0.0990. The monoisotopic (exact) mass is 256 g/mol. The third kappa shape index (κ3) is 2.92. The number of benzene rings is 1. The zero-order valence-electron chi connectivity index (χ0n) is 12.0. The number of ketones is 1. The topological polar surface area (TPSA) is 34.9 Å². The number of hydrogen-bond donors (Lipinski definition) is 0. The minimum absolute atomic E-state index is 0.163. The van der Waals surface area contributed by atoms with E-state index in [2.05, 4.69) is 5.10 Å². The molecular formula is C16H20N2O. The van der Waals surface area contributed by atoms with Crippen molar-refractivity contribution >= 4 is 5.78 Å². The number of rotatable bonds is 4. The molecule has 0 saturated heterocycles. The molecule has 2 aromatic rings. The van der Waals surface area contributed by atoms with E-state index in [0.29, 0.717) is 6.42 Å². The summed E-state index contributed by atoms with van der Waals surface area (Å²) in [6.45, 7) is 8.78. The van der Waals surface area contributed by atoms with Gasteiger partial charge in [-0.3, -0.25) is 9.48 Å². The fourth-order valence-electron chi connectivity index (χ4n) is 2.31. The van der Waals surface area contributed by atoms with Crippen LogP contribution in [0.4, 0.5) is 0 Å². The van der Waals surface area contributed by atoms with Crippen LogP contribution in [0, 0.1) is 20.8 Å². The summed E-state index contributed by atoms with van der Waals surface area (Å²) in [5.41, 5.74) is 4.93. The number of carbonyl (C=O) groups excluding carboxylic acids is 1. The molecule has 0 unspecified atom stereocenters. The Labute approximate surface area is 114 Å². The summed E-state index contributed by atoms with van der Waals surface area (Å²) < 4.78 is 1.90. The summed E-state index contributed by atoms with van der Waals surface area (Å²) in [5, 5.41) is 4.38. The van der Waals surface area contributed by atoms with Gasteiger partial charge in [0.05, 0.1) is 12.1 Å². The van der Waals surface area contributed by atoms with Gasteiger partial charge in [0.1, 0.15) is 0 Å². The normalized spacial score (nSPS) is 10.7. The van der Waals surface area contributed by atoms with Crippen LogP contribution >= 0.6 is 0 Å². The third-order valence-electron chi connectivity index (χ3n) is 3.32. The Morgan fingerprint density at radius 2 is 1.95 bits per heavy atom. The van der Waals surface area contributed by atoms with Gasteiger partial charge in [-0.05, 0) is 45.4 Å². The summed E-state index contributed by atoms with van der Waals surface area (Å²) >= 11 is 0. The minimum atomic E-state index is 0.163. The minimum Gasteiger partial charge on any atom is -0.294 e. The maximum absolute atomic E-state index is 12.4. The highest BCUT2D eigenvalue weighted by molar-refractivity contribution is 5.98. The Hall–Kier alpha value is -1.90. The van der Waals surface area contributed by atoms with E-state index >= 15 is 0 Å². The summed E-state index contributed by atoms with van der Waals surface area (Å²) in [5.74, 6) is 0.163. The van der Waals surface area contributed by atoms with E-state index in [4.69, 9.17) is 0 Å². The number of nitrogens with zero attached hydrogens (tertiary/aromatic N) is 2. The smallest absolute Gasteiger partial charge is 0.169 e. The number of carbonyl (C=O) groups is 1. The first-order chi connectivity index (χ1) is 9.01. The first-order valence-electron chi connectivity index (χ1n) is 6.65. The molecule has 3 heteroatoms. The molecule has 0 aliphatic rings. The number of aromatic nitrogens is 2. The molecule has 0 spiro atoms. The van der Waals surface area contributed by atoms with Gasteiger partial charge < -0.3 is 0 Å². The molecule has 1 aromatic carbocycles. The Bertz CT molecular complexity index is 611. The zero-order valence-corrected chi connectivity index (χ0v) is 12.0. The first kappa shape index (κ1) is 13.5. The van der Waals surface area contributed by atoms with Gasteiger partial charge in [0.2, 0.25) is 0 Å². The second-order valence-corrected chi connectivity index (χ2v) is 5.01. The van der Waals surface area contributed by atoms with Crippen LogP contribution in [-0.4, -0.2) is 15.6 Å². The molecule has 2 rings (SSSR count). The summed E-state index contributed by atoms with van der Waals surface area (Å²) in [6, 6.07) is 8.00. The molecule has 0 saturated carbocycles. The van der Waals surface area contributed by atoms with E-state index < -0.39 is 0 Å². The second-order valence-electron chi connectivity index (χ2n) is 5.01. The van der Waals surface area contributed by atoms with Crippen molar-refractivity contribution in [1.82, 2.24) is 9.78 Å². The van der Waals surface area contributed by atoms with Crippen LogP contribution in [0.5, 0.6) is 0 Å². The van der Waals surface area contributed by atoms with Crippen molar-refractivity contribution in [2.24, 2.45) is 0 Å². The van der Waals surface area contributed by atoms with Crippen LogP contribution in [-0.2, 0) is 13.0 Å². The van der Waals surface area contributed by atoms with Crippen molar-refractivity contribution in [1.29, 1.82) is 0 Å². The quantitative estimate of drug-likeness (QED) is 0.787. The van der Waals surface area contributed by atoms with Gasteiger partial charge in [0, 0.05) is 17.8 Å². The SMILES string of the molecule is CCn1nc(C)cc1CC(=O)c1cc(C)ccc1C. The molecular weight excluding hydrogens is 236 g/mol. The van der Waals surface area contributed by atoms with E-state index in [1.54, 1.807) is 0 Å². The Morgan fingerprint density at radius 1 is 1.21 bits per heavy atom. The summed E-state index contributed by atoms with van der Waals surface area (Å²) in [7, 11) is 0. The number of hydrogen-bond acceptors (Lipinski definition) is 2. The van der Waals surface area contributed by atoms with Crippen molar-refractivity contribution in [3.05, 3.63) is 52.3 Å². The lowest BCUT2D eigenvalue weighted by Gasteiger charge is -2.07. The largest absolute Gasteiger partial charge is 0.294 e. The van der Waals surface area contributed by atoms with E-state index in [1.165, 1.54) is 0 Å². The predicted molar refractivity (Wildman–Crippen MR) is 76.6 cm³/mol. The van der Waals surface area contributed by atoms with Crippen LogP contribution in [0.1, 0.15) is 39.8 Å². The molecule has 0 amide bonds. The fraction of sp³-hybridized carbons (Fsp3) is 0.375. The number of aryl methyl sites for hydroxylation is 4. The Balaban J connectivity index is 2.27. The van der Waals surface area contributed by atoms with Gasteiger partial charge in [-0.15, -0.1) is 0 Å². The van der Waals surface area contributed by atoms with E-state index in [9.17, 15) is 4.79 Å². The molecule has 0 bridgehead atoms. The van der Waals surface area contributed by atoms with Crippen LogP contribution in [0.25, 0.3) is 0 Å². The predicted octanol–water partition coefficient (Wildman–Crippen LogP) is 3.25. The van der Waals surface area contributed by atoms with Gasteiger partial charge in [-0.1, -0.05) is 17.7 Å². The third-order valence-corrected chi connectivity index (χ3v) is 3.32. The molecule has 0 aliphatic heterocycles. The zero-order chi connectivity index (χ0) is 14.0. The highest BCUT2D eigenvalue weighted by atomic mass is 16.1. The maximum atomic E-state index is 12.4. The molecule has 100 valence electrons. The standard InChI is InChI=1S/C16H20N2O/c1-5-18-14(9-13(4)17-18)10-16(19)15-8-11(2)6-7-12(15)3/h6-9H,5,10H2,1-4H3. The van der Waals surface area contributed by atoms with Crippen molar-refractivity contribution in [3.8, 4) is 0 Å². The highest BCUT2D eigenvalue weighted by Crippen LogP contribution is 2.15. The van der Waals surface area contributed by atoms with Crippen LogP contribution in [0.3, 0.4) is 0 Å². The number of Topliss-reactive ketones (excluding diaryl/α,β-unsaturated/α-hetero) is 1. The molecule has 0 fully saturated rings. The van der Waals surface area contributed by atoms with Gasteiger partial charge in [0.25, 0.3) is 0 Å². The Kier molecular flexibility index (Phi) is 3.84.